The van der Waals surface area contributed by atoms with E-state index in [0.29, 0.717) is 33.9 Å². The van der Waals surface area contributed by atoms with Crippen molar-refractivity contribution in [3.63, 3.8) is 0 Å². The van der Waals surface area contributed by atoms with Gasteiger partial charge in [-0.15, -0.1) is 0 Å². The van der Waals surface area contributed by atoms with Crippen LogP contribution in [0, 0.1) is 11.3 Å². The molecule has 0 saturated carbocycles. The van der Waals surface area contributed by atoms with Crippen LogP contribution in [0.15, 0.2) is 66.7 Å². The minimum Gasteiger partial charge on any atom is -0.489 e. The molecule has 4 rings (SSSR count). The Kier molecular flexibility index (Phi) is 5.35. The molecule has 1 N–H and O–H groups in total. The quantitative estimate of drug-likeness (QED) is 0.485. The molecule has 0 aromatic heterocycles. The number of carboxylic acid groups (broad SMARTS) is 1. The highest BCUT2D eigenvalue weighted by atomic mass is 16.7. The zero-order chi connectivity index (χ0) is 20.9. The fourth-order valence-corrected chi connectivity index (χ4v) is 3.09. The first-order valence-electron chi connectivity index (χ1n) is 9.20. The Morgan fingerprint density at radius 1 is 1.07 bits per heavy atom. The number of nitriles is 1. The molecule has 1 aliphatic rings. The highest BCUT2D eigenvalue weighted by Crippen LogP contribution is 2.33. The van der Waals surface area contributed by atoms with Crippen LogP contribution in [0.3, 0.4) is 0 Å². The molecule has 0 saturated heterocycles. The number of nitrogens with zero attached hydrogens (tertiary/aromatic N) is 1. The highest BCUT2D eigenvalue weighted by molar-refractivity contribution is 6.20. The van der Waals surface area contributed by atoms with E-state index in [-0.39, 0.29) is 19.0 Å². The van der Waals surface area contributed by atoms with Crippen LogP contribution in [0.5, 0.6) is 17.2 Å². The van der Waals surface area contributed by atoms with Gasteiger partial charge in [0.2, 0.25) is 6.79 Å². The SMILES string of the molecule is N#Cc1ccc(OCc2ccc3c(c2)OCO3)cc1/C=C(/C(=O)O)c1ccccc1. The summed E-state index contributed by atoms with van der Waals surface area (Å²) >= 11 is 0. The molecule has 0 atom stereocenters. The van der Waals surface area contributed by atoms with E-state index in [4.69, 9.17) is 14.2 Å². The molecule has 30 heavy (non-hydrogen) atoms. The number of hydrogen-bond acceptors (Lipinski definition) is 5. The molecular weight excluding hydrogens is 382 g/mol. The number of benzene rings is 3. The molecule has 0 fully saturated rings. The average molecular weight is 399 g/mol. The maximum atomic E-state index is 11.8. The van der Waals surface area contributed by atoms with Crippen LogP contribution in [-0.2, 0) is 11.4 Å². The molecule has 3 aromatic carbocycles. The summed E-state index contributed by atoms with van der Waals surface area (Å²) in [7, 11) is 0. The average Bonchev–Trinajstić information content (AvgIpc) is 3.24. The third-order valence-electron chi connectivity index (χ3n) is 4.60. The minimum atomic E-state index is -1.07. The fraction of sp³-hybridized carbons (Fsp3) is 0.0833. The molecule has 1 heterocycles. The molecule has 3 aromatic rings. The molecule has 6 nitrogen and oxygen atoms in total. The maximum absolute atomic E-state index is 11.8. The number of ether oxygens (including phenoxy) is 3. The van der Waals surface area contributed by atoms with Crippen LogP contribution in [0.25, 0.3) is 11.6 Å². The second kappa shape index (κ2) is 8.41. The Bertz CT molecular complexity index is 1160. The fourth-order valence-electron chi connectivity index (χ4n) is 3.09. The lowest BCUT2D eigenvalue weighted by atomic mass is 10.00. The first kappa shape index (κ1) is 19.1. The van der Waals surface area contributed by atoms with E-state index in [1.807, 2.05) is 24.3 Å². The third kappa shape index (κ3) is 4.10. The lowest BCUT2D eigenvalue weighted by molar-refractivity contribution is -0.130. The lowest BCUT2D eigenvalue weighted by Crippen LogP contribution is -2.00. The second-order valence-corrected chi connectivity index (χ2v) is 6.57. The van der Waals surface area contributed by atoms with E-state index in [0.717, 1.165) is 5.56 Å². The molecular formula is C24H17NO5. The van der Waals surface area contributed by atoms with Crippen molar-refractivity contribution >= 4 is 17.6 Å². The number of carbonyl (C=O) groups is 1. The zero-order valence-electron chi connectivity index (χ0n) is 15.9. The number of carboxylic acids is 1. The Labute approximate surface area is 173 Å². The van der Waals surface area contributed by atoms with E-state index in [1.165, 1.54) is 6.08 Å². The van der Waals surface area contributed by atoms with Crippen molar-refractivity contribution < 1.29 is 24.1 Å². The largest absolute Gasteiger partial charge is 0.489 e. The highest BCUT2D eigenvalue weighted by Gasteiger charge is 2.14. The van der Waals surface area contributed by atoms with Gasteiger partial charge in [-0.05, 0) is 53.1 Å². The van der Waals surface area contributed by atoms with Gasteiger partial charge in [-0.25, -0.2) is 4.79 Å². The Morgan fingerprint density at radius 3 is 2.63 bits per heavy atom. The van der Waals surface area contributed by atoms with E-state index < -0.39 is 5.97 Å². The van der Waals surface area contributed by atoms with Gasteiger partial charge in [0.05, 0.1) is 17.2 Å². The predicted molar refractivity (Wildman–Crippen MR) is 110 cm³/mol. The van der Waals surface area contributed by atoms with Gasteiger partial charge in [0, 0.05) is 0 Å². The van der Waals surface area contributed by atoms with Crippen molar-refractivity contribution in [2.45, 2.75) is 6.61 Å². The minimum absolute atomic E-state index is 0.0972. The van der Waals surface area contributed by atoms with Crippen LogP contribution in [0.1, 0.15) is 22.3 Å². The van der Waals surface area contributed by atoms with Crippen LogP contribution in [0.2, 0.25) is 0 Å². The summed E-state index contributed by atoms with van der Waals surface area (Å²) in [6.45, 7) is 0.494. The van der Waals surface area contributed by atoms with Crippen LogP contribution in [-0.4, -0.2) is 17.9 Å². The van der Waals surface area contributed by atoms with Gasteiger partial charge < -0.3 is 19.3 Å². The van der Waals surface area contributed by atoms with Crippen LogP contribution >= 0.6 is 0 Å². The predicted octanol–water partition coefficient (Wildman–Crippen LogP) is 4.49. The smallest absolute Gasteiger partial charge is 0.336 e. The maximum Gasteiger partial charge on any atom is 0.336 e. The van der Waals surface area contributed by atoms with Crippen molar-refractivity contribution in [3.8, 4) is 23.3 Å². The Hall–Kier alpha value is -4.24. The number of hydrogen-bond donors (Lipinski definition) is 1. The summed E-state index contributed by atoms with van der Waals surface area (Å²) in [5.41, 5.74) is 2.39. The van der Waals surface area contributed by atoms with E-state index in [1.54, 1.807) is 42.5 Å². The topological polar surface area (TPSA) is 88.8 Å². The van der Waals surface area contributed by atoms with Crippen molar-refractivity contribution in [2.75, 3.05) is 6.79 Å². The van der Waals surface area contributed by atoms with Gasteiger partial charge >= 0.3 is 5.97 Å². The molecule has 0 spiro atoms. The zero-order valence-corrected chi connectivity index (χ0v) is 15.9. The second-order valence-electron chi connectivity index (χ2n) is 6.57. The molecule has 0 unspecified atom stereocenters. The molecule has 6 heteroatoms. The van der Waals surface area contributed by atoms with Gasteiger partial charge in [-0.1, -0.05) is 36.4 Å². The van der Waals surface area contributed by atoms with E-state index in [2.05, 4.69) is 6.07 Å². The van der Waals surface area contributed by atoms with Gasteiger partial charge in [0.15, 0.2) is 11.5 Å². The number of fused-ring (bicyclic) bond motifs is 1. The molecule has 0 radical (unpaired) electrons. The monoisotopic (exact) mass is 399 g/mol. The lowest BCUT2D eigenvalue weighted by Gasteiger charge is -2.10. The molecule has 0 amide bonds. The van der Waals surface area contributed by atoms with E-state index >= 15 is 0 Å². The van der Waals surface area contributed by atoms with Crippen molar-refractivity contribution in [1.29, 1.82) is 5.26 Å². The standard InChI is InChI=1S/C24H17NO5/c25-13-18-7-8-20(28-14-16-6-9-22-23(10-16)30-15-29-22)11-19(18)12-21(24(26)27)17-4-2-1-3-5-17/h1-12H,14-15H2,(H,26,27)/b21-12+. The summed E-state index contributed by atoms with van der Waals surface area (Å²) in [5, 5.41) is 19.1. The van der Waals surface area contributed by atoms with Crippen LogP contribution < -0.4 is 14.2 Å². The Balaban J connectivity index is 1.60. The summed E-state index contributed by atoms with van der Waals surface area (Å²) in [6.07, 6.45) is 1.49. The van der Waals surface area contributed by atoms with Crippen LogP contribution in [0.4, 0.5) is 0 Å². The third-order valence-corrected chi connectivity index (χ3v) is 4.60. The first-order valence-corrected chi connectivity index (χ1v) is 9.20. The summed E-state index contributed by atoms with van der Waals surface area (Å²) < 4.78 is 16.5. The molecule has 0 aliphatic carbocycles. The van der Waals surface area contributed by atoms with Gasteiger partial charge in [-0.3, -0.25) is 0 Å². The number of rotatable bonds is 6. The molecule has 1 aliphatic heterocycles. The molecule has 148 valence electrons. The number of aliphatic carboxylic acids is 1. The van der Waals surface area contributed by atoms with Crippen molar-refractivity contribution in [3.05, 3.63) is 89.0 Å². The molecule has 0 bridgehead atoms. The van der Waals surface area contributed by atoms with Gasteiger partial charge in [0.25, 0.3) is 0 Å². The van der Waals surface area contributed by atoms with Crippen molar-refractivity contribution in [1.82, 2.24) is 0 Å². The van der Waals surface area contributed by atoms with Gasteiger partial charge in [-0.2, -0.15) is 5.26 Å². The van der Waals surface area contributed by atoms with Gasteiger partial charge in [0.1, 0.15) is 12.4 Å². The first-order chi connectivity index (χ1) is 14.6. The summed E-state index contributed by atoms with van der Waals surface area (Å²) in [4.78, 5) is 11.8. The van der Waals surface area contributed by atoms with E-state index in [9.17, 15) is 15.2 Å². The summed E-state index contributed by atoms with van der Waals surface area (Å²) in [5.74, 6) is 0.827. The normalized spacial score (nSPS) is 12.3. The Morgan fingerprint density at radius 2 is 1.87 bits per heavy atom. The summed E-state index contributed by atoms with van der Waals surface area (Å²) in [6, 6.07) is 21.4. The van der Waals surface area contributed by atoms with Crippen molar-refractivity contribution in [2.24, 2.45) is 0 Å².